The Hall–Kier alpha value is -2.19. The molecule has 5 atom stereocenters. The van der Waals surface area contributed by atoms with Crippen molar-refractivity contribution in [3.63, 3.8) is 0 Å². The minimum Gasteiger partial charge on any atom is -0.359 e. The third-order valence-electron chi connectivity index (χ3n) is 7.61. The van der Waals surface area contributed by atoms with Crippen LogP contribution in [0.2, 0.25) is 0 Å². The molecule has 0 aromatic heterocycles. The maximum atomic E-state index is 13.9. The molecular weight excluding hydrogens is 498 g/mol. The number of hydrogen-bond acceptors (Lipinski definition) is 4. The van der Waals surface area contributed by atoms with E-state index >= 15 is 0 Å². The lowest BCUT2D eigenvalue weighted by molar-refractivity contribution is -0.146. The number of nitrogens with one attached hydrogen (secondary N) is 2. The molecular formula is C26H32BrN3O4. The molecule has 3 amide bonds. The van der Waals surface area contributed by atoms with E-state index in [4.69, 9.17) is 4.74 Å². The summed E-state index contributed by atoms with van der Waals surface area (Å²) in [5.74, 6) is -2.08. The van der Waals surface area contributed by atoms with Crippen LogP contribution in [0.1, 0.15) is 52.9 Å². The number of halogens is 1. The number of nitrogens with zero attached hydrogens (tertiary/aromatic N) is 1. The molecule has 1 aliphatic carbocycles. The van der Waals surface area contributed by atoms with Crippen molar-refractivity contribution in [3.8, 4) is 0 Å². The van der Waals surface area contributed by atoms with E-state index in [2.05, 4.69) is 26.6 Å². The van der Waals surface area contributed by atoms with Crippen LogP contribution in [-0.2, 0) is 19.1 Å². The van der Waals surface area contributed by atoms with Gasteiger partial charge in [-0.1, -0.05) is 47.3 Å². The number of carbonyl (C=O) groups excluding carboxylic acids is 3. The van der Waals surface area contributed by atoms with Gasteiger partial charge in [-0.05, 0) is 57.9 Å². The van der Waals surface area contributed by atoms with E-state index < -0.39 is 35.1 Å². The van der Waals surface area contributed by atoms with Gasteiger partial charge in [-0.15, -0.1) is 0 Å². The van der Waals surface area contributed by atoms with Gasteiger partial charge in [-0.3, -0.25) is 14.4 Å². The predicted octanol–water partition coefficient (Wildman–Crippen LogP) is 3.79. The highest BCUT2D eigenvalue weighted by atomic mass is 79.9. The average molecular weight is 530 g/mol. The third-order valence-corrected chi connectivity index (χ3v) is 8.14. The molecule has 1 aromatic carbocycles. The van der Waals surface area contributed by atoms with E-state index in [1.807, 2.05) is 45.1 Å². The monoisotopic (exact) mass is 529 g/mol. The molecule has 0 radical (unpaired) electrons. The van der Waals surface area contributed by atoms with Crippen molar-refractivity contribution in [2.75, 3.05) is 5.32 Å². The molecule has 2 N–H and O–H groups in total. The van der Waals surface area contributed by atoms with Crippen LogP contribution < -0.4 is 10.6 Å². The van der Waals surface area contributed by atoms with Crippen molar-refractivity contribution >= 4 is 39.3 Å². The normalized spacial score (nSPS) is 32.7. The number of carbonyl (C=O) groups is 3. The molecule has 2 saturated heterocycles. The van der Waals surface area contributed by atoms with E-state index in [1.165, 1.54) is 6.42 Å². The summed E-state index contributed by atoms with van der Waals surface area (Å²) in [6, 6.07) is 6.62. The molecule has 5 rings (SSSR count). The quantitative estimate of drug-likeness (QED) is 0.581. The molecule has 34 heavy (non-hydrogen) atoms. The maximum absolute atomic E-state index is 13.9. The first-order chi connectivity index (χ1) is 16.1. The second-order valence-electron chi connectivity index (χ2n) is 10.9. The number of anilines is 1. The van der Waals surface area contributed by atoms with Crippen molar-refractivity contribution in [2.24, 2.45) is 11.8 Å². The molecule has 3 aliphatic heterocycles. The Labute approximate surface area is 208 Å². The number of ether oxygens (including phenoxy) is 1. The lowest BCUT2D eigenvalue weighted by Crippen LogP contribution is -2.60. The van der Waals surface area contributed by atoms with Gasteiger partial charge in [-0.2, -0.15) is 0 Å². The van der Waals surface area contributed by atoms with Crippen molar-refractivity contribution in [2.45, 2.75) is 82.2 Å². The first-order valence-electron chi connectivity index (χ1n) is 12.2. The van der Waals surface area contributed by atoms with Crippen LogP contribution in [0.15, 0.2) is 40.9 Å². The number of fused-ring (bicyclic) bond motifs is 1. The van der Waals surface area contributed by atoms with Crippen LogP contribution in [0.25, 0.3) is 0 Å². The molecule has 2 bridgehead atoms. The molecule has 182 valence electrons. The molecule has 8 heteroatoms. The number of benzene rings is 1. The summed E-state index contributed by atoms with van der Waals surface area (Å²) in [4.78, 5) is 42.7. The van der Waals surface area contributed by atoms with Crippen molar-refractivity contribution < 1.29 is 19.1 Å². The molecule has 1 saturated carbocycles. The third kappa shape index (κ3) is 3.79. The van der Waals surface area contributed by atoms with Gasteiger partial charge >= 0.3 is 0 Å². The van der Waals surface area contributed by atoms with Gasteiger partial charge in [0.05, 0.1) is 17.9 Å². The van der Waals surface area contributed by atoms with Crippen LogP contribution >= 0.6 is 15.9 Å². The van der Waals surface area contributed by atoms with E-state index in [0.29, 0.717) is 5.69 Å². The Morgan fingerprint density at radius 2 is 1.76 bits per heavy atom. The zero-order valence-electron chi connectivity index (χ0n) is 19.8. The molecule has 3 fully saturated rings. The number of amides is 3. The fraction of sp³-hybridized carbons (Fsp3) is 0.577. The maximum Gasteiger partial charge on any atom is 0.246 e. The van der Waals surface area contributed by atoms with E-state index in [1.54, 1.807) is 17.0 Å². The van der Waals surface area contributed by atoms with Gasteiger partial charge < -0.3 is 20.3 Å². The topological polar surface area (TPSA) is 87.7 Å². The highest BCUT2D eigenvalue weighted by Crippen LogP contribution is 2.56. The van der Waals surface area contributed by atoms with Crippen LogP contribution in [0.3, 0.4) is 0 Å². The molecule has 1 aromatic rings. The first-order valence-corrected chi connectivity index (χ1v) is 13.0. The van der Waals surface area contributed by atoms with Gasteiger partial charge in [0.15, 0.2) is 0 Å². The second-order valence-corrected chi connectivity index (χ2v) is 11.8. The summed E-state index contributed by atoms with van der Waals surface area (Å²) >= 11 is 3.40. The standard InChI is InChI=1S/C26H32BrN3O4/c1-25(2,3)30-21(23(32)29-16-7-5-4-6-8-16)26-14-13-18(34-26)19(20(26)24(30)33)22(31)28-17-11-9-15(27)10-12-17/h9-14,16,18-21H,4-8H2,1-3H3,(H,28,31)(H,29,32)/t18-,19-,20-,21-,26+/m1/s1. The zero-order valence-corrected chi connectivity index (χ0v) is 21.4. The van der Waals surface area contributed by atoms with Crippen LogP contribution in [0, 0.1) is 11.8 Å². The fourth-order valence-corrected chi connectivity index (χ4v) is 6.44. The Balaban J connectivity index is 1.46. The summed E-state index contributed by atoms with van der Waals surface area (Å²) in [5, 5.41) is 6.16. The largest absolute Gasteiger partial charge is 0.359 e. The summed E-state index contributed by atoms with van der Waals surface area (Å²) in [5.41, 5.74) is -1.08. The predicted molar refractivity (Wildman–Crippen MR) is 132 cm³/mol. The van der Waals surface area contributed by atoms with Crippen LogP contribution in [-0.4, -0.2) is 51.9 Å². The number of hydrogen-bond donors (Lipinski definition) is 2. The van der Waals surface area contributed by atoms with Crippen LogP contribution in [0.5, 0.6) is 0 Å². The summed E-state index contributed by atoms with van der Waals surface area (Å²) in [6.07, 6.45) is 8.48. The first kappa shape index (κ1) is 23.5. The van der Waals surface area contributed by atoms with Crippen LogP contribution in [0.4, 0.5) is 5.69 Å². The van der Waals surface area contributed by atoms with Crippen molar-refractivity contribution in [3.05, 3.63) is 40.9 Å². The Kier molecular flexibility index (Phi) is 5.88. The average Bonchev–Trinajstić information content (AvgIpc) is 3.43. The second kappa shape index (κ2) is 8.48. The molecule has 4 aliphatic rings. The minimum atomic E-state index is -1.13. The summed E-state index contributed by atoms with van der Waals surface area (Å²) < 4.78 is 7.30. The minimum absolute atomic E-state index is 0.118. The number of likely N-dealkylation sites (tertiary alicyclic amines) is 1. The summed E-state index contributed by atoms with van der Waals surface area (Å²) in [6.45, 7) is 5.78. The van der Waals surface area contributed by atoms with Gasteiger partial charge in [0.25, 0.3) is 0 Å². The highest BCUT2D eigenvalue weighted by Gasteiger charge is 2.73. The SMILES string of the molecule is CC(C)(C)N1C(=O)[C@H]2[C@H](C(=O)Nc3ccc(Br)cc3)[C@H]3C=C[C@@]2(O3)[C@H]1C(=O)NC1CCCCC1. The smallest absolute Gasteiger partial charge is 0.246 e. The molecule has 7 nitrogen and oxygen atoms in total. The van der Waals surface area contributed by atoms with E-state index in [0.717, 1.165) is 30.2 Å². The van der Waals surface area contributed by atoms with Gasteiger partial charge in [0, 0.05) is 21.7 Å². The Bertz CT molecular complexity index is 1030. The lowest BCUT2D eigenvalue weighted by atomic mass is 9.74. The zero-order chi connectivity index (χ0) is 24.3. The lowest BCUT2D eigenvalue weighted by Gasteiger charge is -2.40. The molecule has 0 unspecified atom stereocenters. The van der Waals surface area contributed by atoms with E-state index in [-0.39, 0.29) is 23.8 Å². The summed E-state index contributed by atoms with van der Waals surface area (Å²) in [7, 11) is 0. The highest BCUT2D eigenvalue weighted by molar-refractivity contribution is 9.10. The molecule has 3 heterocycles. The fourth-order valence-electron chi connectivity index (χ4n) is 6.18. The van der Waals surface area contributed by atoms with E-state index in [9.17, 15) is 14.4 Å². The Morgan fingerprint density at radius 1 is 1.09 bits per heavy atom. The van der Waals surface area contributed by atoms with Crippen molar-refractivity contribution in [1.82, 2.24) is 10.2 Å². The van der Waals surface area contributed by atoms with Gasteiger partial charge in [-0.25, -0.2) is 0 Å². The van der Waals surface area contributed by atoms with Crippen molar-refractivity contribution in [1.29, 1.82) is 0 Å². The molecule has 1 spiro atoms. The van der Waals surface area contributed by atoms with Gasteiger partial charge in [0.1, 0.15) is 11.6 Å². The van der Waals surface area contributed by atoms with Gasteiger partial charge in [0.2, 0.25) is 17.7 Å². The number of rotatable bonds is 4. The Morgan fingerprint density at radius 3 is 2.41 bits per heavy atom.